The Labute approximate surface area is 125 Å². The zero-order chi connectivity index (χ0) is 14.2. The van der Waals surface area contributed by atoms with Crippen LogP contribution in [-0.4, -0.2) is 13.1 Å². The molecule has 2 nitrogen and oxygen atoms in total. The third-order valence-electron chi connectivity index (χ3n) is 3.03. The van der Waals surface area contributed by atoms with Crippen molar-refractivity contribution in [1.29, 1.82) is 0 Å². The number of rotatable bonds is 7. The van der Waals surface area contributed by atoms with Crippen molar-refractivity contribution in [2.75, 3.05) is 13.1 Å². The van der Waals surface area contributed by atoms with Gasteiger partial charge in [0.2, 0.25) is 0 Å². The molecule has 0 saturated carbocycles. The van der Waals surface area contributed by atoms with Gasteiger partial charge in [0, 0.05) is 6.54 Å². The number of nitrogens with one attached hydrogen (secondary N) is 1. The molecule has 0 aliphatic rings. The number of hydrogen-bond donors (Lipinski definition) is 1. The molecule has 0 heterocycles. The molecule has 0 saturated heterocycles. The van der Waals surface area contributed by atoms with E-state index in [1.165, 1.54) is 0 Å². The molecular formula is C17H20ClNO. The van der Waals surface area contributed by atoms with Crippen molar-refractivity contribution in [2.24, 2.45) is 0 Å². The van der Waals surface area contributed by atoms with Crippen molar-refractivity contribution in [3.63, 3.8) is 0 Å². The van der Waals surface area contributed by atoms with Crippen LogP contribution in [0.4, 0.5) is 0 Å². The van der Waals surface area contributed by atoms with Crippen LogP contribution in [0.1, 0.15) is 25.0 Å². The smallest absolute Gasteiger partial charge is 0.138 e. The summed E-state index contributed by atoms with van der Waals surface area (Å²) in [7, 11) is 0. The standard InChI is InChI=1S/C17H20ClNO/c1-2-12-19-13-17(14-8-4-3-5-9-14)20-16-11-7-6-10-15(16)18/h3-11,17,19H,2,12-13H2,1H3. The Balaban J connectivity index is 2.12. The van der Waals surface area contributed by atoms with Crippen molar-refractivity contribution < 1.29 is 4.74 Å². The Kier molecular flexibility index (Phi) is 5.90. The van der Waals surface area contributed by atoms with E-state index >= 15 is 0 Å². The highest BCUT2D eigenvalue weighted by molar-refractivity contribution is 6.32. The van der Waals surface area contributed by atoms with Crippen molar-refractivity contribution in [1.82, 2.24) is 5.32 Å². The highest BCUT2D eigenvalue weighted by atomic mass is 35.5. The van der Waals surface area contributed by atoms with Crippen molar-refractivity contribution in [3.8, 4) is 5.75 Å². The van der Waals surface area contributed by atoms with Gasteiger partial charge in [0.15, 0.2) is 0 Å². The number of halogens is 1. The van der Waals surface area contributed by atoms with Gasteiger partial charge in [0.1, 0.15) is 11.9 Å². The van der Waals surface area contributed by atoms with Gasteiger partial charge >= 0.3 is 0 Å². The maximum atomic E-state index is 6.17. The van der Waals surface area contributed by atoms with E-state index in [4.69, 9.17) is 16.3 Å². The Hall–Kier alpha value is -1.51. The lowest BCUT2D eigenvalue weighted by atomic mass is 10.1. The Morgan fingerprint density at radius 2 is 1.75 bits per heavy atom. The topological polar surface area (TPSA) is 21.3 Å². The summed E-state index contributed by atoms with van der Waals surface area (Å²) in [5, 5.41) is 4.05. The molecular weight excluding hydrogens is 270 g/mol. The van der Waals surface area contributed by atoms with E-state index in [1.54, 1.807) is 0 Å². The molecule has 2 aromatic carbocycles. The van der Waals surface area contributed by atoms with Crippen molar-refractivity contribution in [3.05, 3.63) is 65.2 Å². The second-order valence-corrected chi connectivity index (χ2v) is 5.06. The molecule has 2 rings (SSSR count). The number of ether oxygens (including phenoxy) is 1. The van der Waals surface area contributed by atoms with E-state index in [2.05, 4.69) is 24.4 Å². The van der Waals surface area contributed by atoms with Gasteiger partial charge in [-0.25, -0.2) is 0 Å². The molecule has 1 atom stereocenters. The first kappa shape index (κ1) is 14.9. The van der Waals surface area contributed by atoms with Gasteiger partial charge in [0.25, 0.3) is 0 Å². The monoisotopic (exact) mass is 289 g/mol. The molecule has 20 heavy (non-hydrogen) atoms. The second-order valence-electron chi connectivity index (χ2n) is 4.65. The van der Waals surface area contributed by atoms with Gasteiger partial charge in [-0.3, -0.25) is 0 Å². The fraction of sp³-hybridized carbons (Fsp3) is 0.294. The minimum atomic E-state index is -0.0392. The first-order valence-electron chi connectivity index (χ1n) is 6.98. The van der Waals surface area contributed by atoms with Crippen molar-refractivity contribution >= 4 is 11.6 Å². The average molecular weight is 290 g/mol. The summed E-state index contributed by atoms with van der Waals surface area (Å²) in [4.78, 5) is 0. The molecule has 0 aliphatic heterocycles. The summed E-state index contributed by atoms with van der Waals surface area (Å²) in [5.41, 5.74) is 1.15. The first-order valence-corrected chi connectivity index (χ1v) is 7.36. The highest BCUT2D eigenvalue weighted by Crippen LogP contribution is 2.28. The molecule has 106 valence electrons. The maximum Gasteiger partial charge on any atom is 0.138 e. The first-order chi connectivity index (χ1) is 9.81. The van der Waals surface area contributed by atoms with Crippen LogP contribution in [0.2, 0.25) is 5.02 Å². The number of para-hydroxylation sites is 1. The molecule has 1 N–H and O–H groups in total. The minimum Gasteiger partial charge on any atom is -0.483 e. The summed E-state index contributed by atoms with van der Waals surface area (Å²) in [6, 6.07) is 17.8. The quantitative estimate of drug-likeness (QED) is 0.760. The molecule has 0 spiro atoms. The SMILES string of the molecule is CCCNCC(Oc1ccccc1Cl)c1ccccc1. The van der Waals surface area contributed by atoms with Crippen LogP contribution in [0.15, 0.2) is 54.6 Å². The van der Waals surface area contributed by atoms with Gasteiger partial charge in [-0.15, -0.1) is 0 Å². The van der Waals surface area contributed by atoms with E-state index in [9.17, 15) is 0 Å². The molecule has 0 aliphatic carbocycles. The molecule has 0 amide bonds. The molecule has 0 aromatic heterocycles. The van der Waals surface area contributed by atoms with E-state index in [-0.39, 0.29) is 6.10 Å². The fourth-order valence-corrected chi connectivity index (χ4v) is 2.18. The number of hydrogen-bond acceptors (Lipinski definition) is 2. The fourth-order valence-electron chi connectivity index (χ4n) is 2.00. The average Bonchev–Trinajstić information content (AvgIpc) is 2.49. The van der Waals surface area contributed by atoms with Crippen LogP contribution in [-0.2, 0) is 0 Å². The lowest BCUT2D eigenvalue weighted by Crippen LogP contribution is -2.25. The molecule has 2 aromatic rings. The van der Waals surface area contributed by atoms with E-state index < -0.39 is 0 Å². The Morgan fingerprint density at radius 1 is 1.05 bits per heavy atom. The van der Waals surface area contributed by atoms with E-state index in [0.717, 1.165) is 30.8 Å². The maximum absolute atomic E-state index is 6.17. The second kappa shape index (κ2) is 7.93. The number of benzene rings is 2. The van der Waals surface area contributed by atoms with Gasteiger partial charge in [-0.05, 0) is 30.7 Å². The molecule has 0 bridgehead atoms. The summed E-state index contributed by atoms with van der Waals surface area (Å²) >= 11 is 6.17. The largest absolute Gasteiger partial charge is 0.483 e. The summed E-state index contributed by atoms with van der Waals surface area (Å²) < 4.78 is 6.08. The van der Waals surface area contributed by atoms with Crippen LogP contribution in [0.5, 0.6) is 5.75 Å². The molecule has 0 fully saturated rings. The lowest BCUT2D eigenvalue weighted by molar-refractivity contribution is 0.202. The lowest BCUT2D eigenvalue weighted by Gasteiger charge is -2.20. The third kappa shape index (κ3) is 4.26. The zero-order valence-electron chi connectivity index (χ0n) is 11.7. The highest BCUT2D eigenvalue weighted by Gasteiger charge is 2.14. The predicted octanol–water partition coefficient (Wildman–Crippen LogP) is 4.46. The van der Waals surface area contributed by atoms with Gasteiger partial charge in [-0.1, -0.05) is 61.0 Å². The molecule has 3 heteroatoms. The van der Waals surface area contributed by atoms with Crippen LogP contribution in [0.25, 0.3) is 0 Å². The molecule has 0 radical (unpaired) electrons. The third-order valence-corrected chi connectivity index (χ3v) is 3.35. The zero-order valence-corrected chi connectivity index (χ0v) is 12.4. The van der Waals surface area contributed by atoms with Gasteiger partial charge in [0.05, 0.1) is 5.02 Å². The Bertz CT molecular complexity index is 515. The van der Waals surface area contributed by atoms with Gasteiger partial charge < -0.3 is 10.1 Å². The molecule has 1 unspecified atom stereocenters. The van der Waals surface area contributed by atoms with E-state index in [1.807, 2.05) is 42.5 Å². The van der Waals surface area contributed by atoms with Crippen LogP contribution in [0, 0.1) is 0 Å². The van der Waals surface area contributed by atoms with Crippen molar-refractivity contribution in [2.45, 2.75) is 19.4 Å². The van der Waals surface area contributed by atoms with E-state index in [0.29, 0.717) is 5.02 Å². The summed E-state index contributed by atoms with van der Waals surface area (Å²) in [6.45, 7) is 3.90. The minimum absolute atomic E-state index is 0.0392. The van der Waals surface area contributed by atoms with Gasteiger partial charge in [-0.2, -0.15) is 0 Å². The Morgan fingerprint density at radius 3 is 2.45 bits per heavy atom. The van der Waals surface area contributed by atoms with Crippen LogP contribution in [0.3, 0.4) is 0 Å². The summed E-state index contributed by atoms with van der Waals surface area (Å²) in [5.74, 6) is 0.723. The van der Waals surface area contributed by atoms with Crippen LogP contribution < -0.4 is 10.1 Å². The van der Waals surface area contributed by atoms with Crippen LogP contribution >= 0.6 is 11.6 Å². The summed E-state index contributed by atoms with van der Waals surface area (Å²) in [6.07, 6.45) is 1.07. The normalized spacial score (nSPS) is 12.1. The predicted molar refractivity (Wildman–Crippen MR) is 84.4 cm³/mol.